The van der Waals surface area contributed by atoms with Crippen molar-refractivity contribution < 1.29 is 9.59 Å². The number of hydrogen-bond acceptors (Lipinski definition) is 2. The van der Waals surface area contributed by atoms with Crippen LogP contribution in [-0.4, -0.2) is 11.8 Å². The van der Waals surface area contributed by atoms with Gasteiger partial charge >= 0.3 is 11.8 Å². The molecule has 0 atom stereocenters. The topological polar surface area (TPSA) is 58.2 Å². The van der Waals surface area contributed by atoms with Gasteiger partial charge in [0, 0.05) is 11.4 Å². The monoisotopic (exact) mass is 296 g/mol. The van der Waals surface area contributed by atoms with Gasteiger partial charge in [0.25, 0.3) is 0 Å². The second-order valence-corrected chi connectivity index (χ2v) is 5.51. The largest absolute Gasteiger partial charge is 0.318 e. The predicted molar refractivity (Wildman–Crippen MR) is 89.1 cm³/mol. The van der Waals surface area contributed by atoms with Crippen LogP contribution in [0.4, 0.5) is 11.4 Å². The van der Waals surface area contributed by atoms with E-state index < -0.39 is 11.8 Å². The number of rotatable bonds is 2. The number of carbonyl (C=O) groups excluding carboxylic acids is 2. The Morgan fingerprint density at radius 3 is 1.32 bits per heavy atom. The third-order valence-electron chi connectivity index (χ3n) is 3.74. The molecule has 2 aromatic carbocycles. The second kappa shape index (κ2) is 6.43. The quantitative estimate of drug-likeness (QED) is 0.833. The molecule has 0 aliphatic rings. The normalized spacial score (nSPS) is 10.2. The molecule has 4 nitrogen and oxygen atoms in total. The lowest BCUT2D eigenvalue weighted by Gasteiger charge is -2.09. The summed E-state index contributed by atoms with van der Waals surface area (Å²) in [7, 11) is 0. The van der Waals surface area contributed by atoms with Crippen molar-refractivity contribution in [2.24, 2.45) is 0 Å². The molecule has 0 aromatic heterocycles. The average molecular weight is 296 g/mol. The van der Waals surface area contributed by atoms with Crippen LogP contribution in [0.5, 0.6) is 0 Å². The Balaban J connectivity index is 2.04. The number of anilines is 2. The van der Waals surface area contributed by atoms with Gasteiger partial charge in [0.2, 0.25) is 0 Å². The van der Waals surface area contributed by atoms with E-state index in [4.69, 9.17) is 0 Å². The summed E-state index contributed by atoms with van der Waals surface area (Å²) in [4.78, 5) is 23.9. The lowest BCUT2D eigenvalue weighted by Crippen LogP contribution is -2.29. The van der Waals surface area contributed by atoms with Crippen molar-refractivity contribution in [1.29, 1.82) is 0 Å². The van der Waals surface area contributed by atoms with Gasteiger partial charge < -0.3 is 10.6 Å². The zero-order valence-electron chi connectivity index (χ0n) is 13.3. The maximum Gasteiger partial charge on any atom is 0.314 e. The maximum atomic E-state index is 11.9. The lowest BCUT2D eigenvalue weighted by atomic mass is 10.1. The molecule has 2 aromatic rings. The Morgan fingerprint density at radius 2 is 1.00 bits per heavy atom. The number of amides is 2. The molecular formula is C18H20N2O2. The molecule has 22 heavy (non-hydrogen) atoms. The maximum absolute atomic E-state index is 11.9. The van der Waals surface area contributed by atoms with Crippen LogP contribution in [0.15, 0.2) is 36.4 Å². The standard InChI is InChI=1S/C18H20N2O2/c1-11-5-7-15(9-13(11)3)19-17(21)18(22)20-16-8-6-12(2)14(4)10-16/h5-10H,1-4H3,(H,19,21)(H,20,22). The summed E-state index contributed by atoms with van der Waals surface area (Å²) in [5.41, 5.74) is 5.63. The number of aryl methyl sites for hydroxylation is 4. The minimum absolute atomic E-state index is 0.614. The van der Waals surface area contributed by atoms with Crippen LogP contribution >= 0.6 is 0 Å². The van der Waals surface area contributed by atoms with Crippen molar-refractivity contribution in [2.75, 3.05) is 10.6 Å². The fourth-order valence-corrected chi connectivity index (χ4v) is 2.01. The van der Waals surface area contributed by atoms with Crippen LogP contribution in [-0.2, 0) is 9.59 Å². The summed E-state index contributed by atoms with van der Waals surface area (Å²) >= 11 is 0. The van der Waals surface area contributed by atoms with Gasteiger partial charge in [0.1, 0.15) is 0 Å². The zero-order valence-corrected chi connectivity index (χ0v) is 13.3. The Bertz CT molecular complexity index is 672. The van der Waals surface area contributed by atoms with Crippen LogP contribution in [0, 0.1) is 27.7 Å². The second-order valence-electron chi connectivity index (χ2n) is 5.51. The summed E-state index contributed by atoms with van der Waals surface area (Å²) < 4.78 is 0. The molecule has 0 saturated carbocycles. The predicted octanol–water partition coefficient (Wildman–Crippen LogP) is 3.50. The van der Waals surface area contributed by atoms with E-state index in [1.165, 1.54) is 0 Å². The van der Waals surface area contributed by atoms with E-state index in [1.54, 1.807) is 12.1 Å². The van der Waals surface area contributed by atoms with Crippen molar-refractivity contribution >= 4 is 23.2 Å². The third kappa shape index (κ3) is 3.73. The molecule has 0 fully saturated rings. The van der Waals surface area contributed by atoms with Gasteiger partial charge in [-0.3, -0.25) is 9.59 Å². The van der Waals surface area contributed by atoms with Gasteiger partial charge in [0.05, 0.1) is 0 Å². The van der Waals surface area contributed by atoms with Gasteiger partial charge in [-0.1, -0.05) is 12.1 Å². The van der Waals surface area contributed by atoms with Gasteiger partial charge in [-0.25, -0.2) is 0 Å². The van der Waals surface area contributed by atoms with E-state index in [9.17, 15) is 9.59 Å². The summed E-state index contributed by atoms with van der Waals surface area (Å²) in [6.45, 7) is 7.90. The first kappa shape index (κ1) is 15.8. The van der Waals surface area contributed by atoms with Crippen molar-refractivity contribution in [2.45, 2.75) is 27.7 Å². The number of hydrogen-bond donors (Lipinski definition) is 2. The molecule has 0 saturated heterocycles. The van der Waals surface area contributed by atoms with Crippen LogP contribution in [0.3, 0.4) is 0 Å². The van der Waals surface area contributed by atoms with Gasteiger partial charge in [0.15, 0.2) is 0 Å². The fourth-order valence-electron chi connectivity index (χ4n) is 2.01. The number of carbonyl (C=O) groups is 2. The molecule has 2 rings (SSSR count). The molecule has 0 unspecified atom stereocenters. The highest BCUT2D eigenvalue weighted by molar-refractivity contribution is 6.43. The van der Waals surface area contributed by atoms with Gasteiger partial charge in [-0.05, 0) is 74.2 Å². The average Bonchev–Trinajstić information content (AvgIpc) is 2.46. The Kier molecular flexibility index (Phi) is 4.61. The minimum atomic E-state index is -0.679. The van der Waals surface area contributed by atoms with Crippen molar-refractivity contribution in [3.05, 3.63) is 58.7 Å². The molecule has 0 radical (unpaired) electrons. The highest BCUT2D eigenvalue weighted by Gasteiger charge is 2.14. The molecule has 2 N–H and O–H groups in total. The van der Waals surface area contributed by atoms with Crippen LogP contribution in [0.1, 0.15) is 22.3 Å². The summed E-state index contributed by atoms with van der Waals surface area (Å²) in [5.74, 6) is -1.36. The van der Waals surface area contributed by atoms with Crippen LogP contribution in [0.25, 0.3) is 0 Å². The molecule has 0 aliphatic carbocycles. The van der Waals surface area contributed by atoms with Crippen LogP contribution < -0.4 is 10.6 Å². The van der Waals surface area contributed by atoms with Gasteiger partial charge in [-0.2, -0.15) is 0 Å². The summed E-state index contributed by atoms with van der Waals surface area (Å²) in [5, 5.41) is 5.21. The lowest BCUT2D eigenvalue weighted by molar-refractivity contribution is -0.132. The van der Waals surface area contributed by atoms with E-state index in [-0.39, 0.29) is 0 Å². The molecule has 0 heterocycles. The van der Waals surface area contributed by atoms with Crippen LogP contribution in [0.2, 0.25) is 0 Å². The third-order valence-corrected chi connectivity index (χ3v) is 3.74. The first-order valence-corrected chi connectivity index (χ1v) is 7.13. The molecular weight excluding hydrogens is 276 g/mol. The molecule has 0 aliphatic heterocycles. The Hall–Kier alpha value is -2.62. The van der Waals surface area contributed by atoms with E-state index in [0.29, 0.717) is 11.4 Å². The molecule has 114 valence electrons. The van der Waals surface area contributed by atoms with E-state index in [1.807, 2.05) is 52.0 Å². The van der Waals surface area contributed by atoms with E-state index >= 15 is 0 Å². The highest BCUT2D eigenvalue weighted by Crippen LogP contribution is 2.16. The molecule has 0 bridgehead atoms. The first-order valence-electron chi connectivity index (χ1n) is 7.13. The van der Waals surface area contributed by atoms with E-state index in [0.717, 1.165) is 22.3 Å². The van der Waals surface area contributed by atoms with Crippen molar-refractivity contribution in [1.82, 2.24) is 0 Å². The minimum Gasteiger partial charge on any atom is -0.318 e. The smallest absolute Gasteiger partial charge is 0.314 e. The first-order chi connectivity index (χ1) is 10.4. The fraction of sp³-hybridized carbons (Fsp3) is 0.222. The summed E-state index contributed by atoms with van der Waals surface area (Å²) in [6.07, 6.45) is 0. The van der Waals surface area contributed by atoms with Crippen molar-refractivity contribution in [3.8, 4) is 0 Å². The van der Waals surface area contributed by atoms with Crippen molar-refractivity contribution in [3.63, 3.8) is 0 Å². The molecule has 0 spiro atoms. The number of nitrogens with one attached hydrogen (secondary N) is 2. The SMILES string of the molecule is Cc1ccc(NC(=O)C(=O)Nc2ccc(C)c(C)c2)cc1C. The summed E-state index contributed by atoms with van der Waals surface area (Å²) in [6, 6.07) is 11.1. The Morgan fingerprint density at radius 1 is 0.636 bits per heavy atom. The zero-order chi connectivity index (χ0) is 16.3. The molecule has 2 amide bonds. The highest BCUT2D eigenvalue weighted by atomic mass is 16.2. The Labute approximate surface area is 130 Å². The van der Waals surface area contributed by atoms with E-state index in [2.05, 4.69) is 10.6 Å². The number of benzene rings is 2. The molecule has 4 heteroatoms. The van der Waals surface area contributed by atoms with Gasteiger partial charge in [-0.15, -0.1) is 0 Å².